The number of nitrogens with one attached hydrogen (secondary N) is 1. The summed E-state index contributed by atoms with van der Waals surface area (Å²) < 4.78 is 31.2. The van der Waals surface area contributed by atoms with Gasteiger partial charge in [-0.25, -0.2) is 8.42 Å². The summed E-state index contributed by atoms with van der Waals surface area (Å²) in [5, 5.41) is 2.73. The molecule has 1 atom stereocenters. The minimum atomic E-state index is -3.76. The highest BCUT2D eigenvalue weighted by Crippen LogP contribution is 2.22. The zero-order chi connectivity index (χ0) is 23.9. The van der Waals surface area contributed by atoms with Crippen LogP contribution in [0.4, 0.5) is 5.69 Å². The van der Waals surface area contributed by atoms with Crippen LogP contribution in [0.25, 0.3) is 0 Å². The minimum Gasteiger partial charge on any atom is -0.497 e. The highest BCUT2D eigenvalue weighted by atomic mass is 32.2. The van der Waals surface area contributed by atoms with E-state index in [2.05, 4.69) is 5.32 Å². The number of hydrogen-bond acceptors (Lipinski definition) is 5. The maximum absolute atomic E-state index is 13.4. The maximum Gasteiger partial charge on any atom is 0.244 e. The lowest BCUT2D eigenvalue weighted by Gasteiger charge is -2.31. The molecule has 174 valence electrons. The van der Waals surface area contributed by atoms with Crippen molar-refractivity contribution in [3.05, 3.63) is 59.7 Å². The fourth-order valence-electron chi connectivity index (χ4n) is 3.24. The number of sulfonamides is 1. The molecular weight excluding hydrogens is 430 g/mol. The summed E-state index contributed by atoms with van der Waals surface area (Å²) in [7, 11) is -2.25. The first-order valence-electron chi connectivity index (χ1n) is 10.3. The molecule has 0 bridgehead atoms. The van der Waals surface area contributed by atoms with E-state index in [1.165, 1.54) is 12.0 Å². The van der Waals surface area contributed by atoms with Crippen molar-refractivity contribution in [3.63, 3.8) is 0 Å². The molecule has 0 aliphatic carbocycles. The monoisotopic (exact) mass is 461 g/mol. The number of aryl methyl sites for hydroxylation is 1. The minimum absolute atomic E-state index is 0.185. The third-order valence-corrected chi connectivity index (χ3v) is 6.30. The quantitative estimate of drug-likeness (QED) is 0.586. The van der Waals surface area contributed by atoms with Gasteiger partial charge in [-0.1, -0.05) is 24.3 Å². The average molecular weight is 462 g/mol. The summed E-state index contributed by atoms with van der Waals surface area (Å²) in [5.41, 5.74) is 2.19. The summed E-state index contributed by atoms with van der Waals surface area (Å²) in [6.45, 7) is 5.54. The predicted molar refractivity (Wildman–Crippen MR) is 125 cm³/mol. The van der Waals surface area contributed by atoms with Crippen molar-refractivity contribution in [2.45, 2.75) is 33.4 Å². The molecule has 0 fully saturated rings. The number of ether oxygens (including phenoxy) is 1. The third-order valence-electron chi connectivity index (χ3n) is 5.16. The fraction of sp³-hybridized carbons (Fsp3) is 0.391. The number of carbonyl (C=O) groups excluding carboxylic acids is 2. The number of amides is 2. The summed E-state index contributed by atoms with van der Waals surface area (Å²) in [4.78, 5) is 27.3. The summed E-state index contributed by atoms with van der Waals surface area (Å²) in [6.07, 6.45) is 1.05. The predicted octanol–water partition coefficient (Wildman–Crippen LogP) is 2.32. The molecule has 0 aliphatic rings. The lowest BCUT2D eigenvalue weighted by molar-refractivity contribution is -0.139. The Kier molecular flexibility index (Phi) is 8.65. The topological polar surface area (TPSA) is 96.0 Å². The molecule has 0 spiro atoms. The Balaban J connectivity index is 2.38. The van der Waals surface area contributed by atoms with Gasteiger partial charge < -0.3 is 15.0 Å². The van der Waals surface area contributed by atoms with Gasteiger partial charge in [-0.2, -0.15) is 0 Å². The van der Waals surface area contributed by atoms with E-state index in [0.29, 0.717) is 18.0 Å². The van der Waals surface area contributed by atoms with Gasteiger partial charge in [0.25, 0.3) is 0 Å². The second kappa shape index (κ2) is 11.0. The summed E-state index contributed by atoms with van der Waals surface area (Å²) in [5.74, 6) is -0.211. The molecule has 0 aliphatic heterocycles. The first-order chi connectivity index (χ1) is 15.1. The van der Waals surface area contributed by atoms with Gasteiger partial charge in [0.15, 0.2) is 0 Å². The second-order valence-electron chi connectivity index (χ2n) is 7.49. The molecule has 0 heterocycles. The van der Waals surface area contributed by atoms with Crippen molar-refractivity contribution in [1.82, 2.24) is 10.2 Å². The van der Waals surface area contributed by atoms with Gasteiger partial charge in [-0.05, 0) is 56.2 Å². The molecule has 32 heavy (non-hydrogen) atoms. The molecule has 0 saturated carbocycles. The van der Waals surface area contributed by atoms with E-state index in [9.17, 15) is 18.0 Å². The van der Waals surface area contributed by atoms with Crippen LogP contribution in [0.1, 0.15) is 25.0 Å². The van der Waals surface area contributed by atoms with E-state index in [-0.39, 0.29) is 12.5 Å². The standard InChI is InChI=1S/C23H31N3O5S/c1-6-24-23(28)18(3)25(15-19-10-8-7-9-17(19)2)22(27)16-26(32(5,29)30)20-11-13-21(31-4)14-12-20/h7-14,18H,6,15-16H2,1-5H3,(H,24,28)/t18-/m1/s1. The van der Waals surface area contributed by atoms with Crippen LogP contribution in [0.2, 0.25) is 0 Å². The normalized spacial score (nSPS) is 12.0. The van der Waals surface area contributed by atoms with Crippen LogP contribution in [0, 0.1) is 6.92 Å². The maximum atomic E-state index is 13.4. The number of anilines is 1. The Hall–Kier alpha value is -3.07. The van der Waals surface area contributed by atoms with Crippen LogP contribution >= 0.6 is 0 Å². The lowest BCUT2D eigenvalue weighted by Crippen LogP contribution is -2.51. The first kappa shape index (κ1) is 25.2. The third kappa shape index (κ3) is 6.46. The number of methoxy groups -OCH3 is 1. The van der Waals surface area contributed by atoms with Crippen LogP contribution < -0.4 is 14.4 Å². The average Bonchev–Trinajstić information content (AvgIpc) is 2.75. The van der Waals surface area contributed by atoms with Crippen molar-refractivity contribution in [2.75, 3.05) is 30.8 Å². The Bertz CT molecular complexity index is 1040. The molecule has 2 aromatic rings. The number of rotatable bonds is 10. The Labute approximate surface area is 190 Å². The smallest absolute Gasteiger partial charge is 0.244 e. The molecule has 8 nitrogen and oxygen atoms in total. The van der Waals surface area contributed by atoms with E-state index < -0.39 is 28.5 Å². The molecule has 0 saturated heterocycles. The van der Waals surface area contributed by atoms with Gasteiger partial charge in [0, 0.05) is 13.1 Å². The molecule has 0 unspecified atom stereocenters. The Morgan fingerprint density at radius 3 is 2.25 bits per heavy atom. The number of likely N-dealkylation sites (N-methyl/N-ethyl adjacent to an activating group) is 1. The zero-order valence-electron chi connectivity index (χ0n) is 19.2. The fourth-order valence-corrected chi connectivity index (χ4v) is 4.09. The van der Waals surface area contributed by atoms with E-state index in [0.717, 1.165) is 21.7 Å². The molecule has 1 N–H and O–H groups in total. The number of benzene rings is 2. The summed E-state index contributed by atoms with van der Waals surface area (Å²) >= 11 is 0. The van der Waals surface area contributed by atoms with Crippen LogP contribution in [-0.2, 0) is 26.2 Å². The van der Waals surface area contributed by atoms with Gasteiger partial charge in [-0.15, -0.1) is 0 Å². The molecule has 0 radical (unpaired) electrons. The van der Waals surface area contributed by atoms with Crippen molar-refractivity contribution < 1.29 is 22.7 Å². The van der Waals surface area contributed by atoms with Gasteiger partial charge in [0.2, 0.25) is 21.8 Å². The van der Waals surface area contributed by atoms with Crippen molar-refractivity contribution in [3.8, 4) is 5.75 Å². The van der Waals surface area contributed by atoms with E-state index in [4.69, 9.17) is 4.74 Å². The molecular formula is C23H31N3O5S. The highest BCUT2D eigenvalue weighted by Gasteiger charge is 2.30. The SMILES string of the molecule is CCNC(=O)[C@@H](C)N(Cc1ccccc1C)C(=O)CN(c1ccc(OC)cc1)S(C)(=O)=O. The number of carbonyl (C=O) groups is 2. The Morgan fingerprint density at radius 2 is 1.72 bits per heavy atom. The molecule has 2 rings (SSSR count). The van der Waals surface area contributed by atoms with Crippen molar-refractivity contribution in [2.24, 2.45) is 0 Å². The van der Waals surface area contributed by atoms with Gasteiger partial charge in [-0.3, -0.25) is 13.9 Å². The van der Waals surface area contributed by atoms with Gasteiger partial charge in [0.1, 0.15) is 18.3 Å². The number of hydrogen-bond donors (Lipinski definition) is 1. The first-order valence-corrected chi connectivity index (χ1v) is 12.2. The van der Waals surface area contributed by atoms with Crippen LogP contribution in [-0.4, -0.2) is 57.6 Å². The van der Waals surface area contributed by atoms with Gasteiger partial charge in [0.05, 0.1) is 19.1 Å². The number of nitrogens with zero attached hydrogens (tertiary/aromatic N) is 2. The molecule has 0 aromatic heterocycles. The van der Waals surface area contributed by atoms with E-state index in [1.807, 2.05) is 31.2 Å². The molecule has 2 amide bonds. The van der Waals surface area contributed by atoms with Crippen LogP contribution in [0.3, 0.4) is 0 Å². The highest BCUT2D eigenvalue weighted by molar-refractivity contribution is 7.92. The molecule has 9 heteroatoms. The van der Waals surface area contributed by atoms with E-state index >= 15 is 0 Å². The largest absolute Gasteiger partial charge is 0.497 e. The van der Waals surface area contributed by atoms with Crippen molar-refractivity contribution >= 4 is 27.5 Å². The van der Waals surface area contributed by atoms with Gasteiger partial charge >= 0.3 is 0 Å². The van der Waals surface area contributed by atoms with Crippen LogP contribution in [0.15, 0.2) is 48.5 Å². The van der Waals surface area contributed by atoms with E-state index in [1.54, 1.807) is 38.1 Å². The lowest BCUT2D eigenvalue weighted by atomic mass is 10.1. The zero-order valence-corrected chi connectivity index (χ0v) is 20.0. The molecule has 2 aromatic carbocycles. The summed E-state index contributed by atoms with van der Waals surface area (Å²) in [6, 6.07) is 13.2. The Morgan fingerprint density at radius 1 is 1.09 bits per heavy atom. The van der Waals surface area contributed by atoms with Crippen LogP contribution in [0.5, 0.6) is 5.75 Å². The second-order valence-corrected chi connectivity index (χ2v) is 9.39. The van der Waals surface area contributed by atoms with Crippen molar-refractivity contribution in [1.29, 1.82) is 0 Å².